The molecule has 1 amide bonds. The van der Waals surface area contributed by atoms with Crippen molar-refractivity contribution in [1.82, 2.24) is 24.6 Å². The fourth-order valence-electron chi connectivity index (χ4n) is 6.72. The van der Waals surface area contributed by atoms with E-state index in [1.165, 1.54) is 13.3 Å². The molecule has 3 fully saturated rings. The molecular weight excluding hydrogens is 564 g/mol. The van der Waals surface area contributed by atoms with E-state index in [2.05, 4.69) is 75.7 Å². The monoisotopic (exact) mass is 608 g/mol. The second-order valence-electron chi connectivity index (χ2n) is 12.8. The van der Waals surface area contributed by atoms with Crippen LogP contribution in [-0.4, -0.2) is 85.6 Å². The predicted octanol–water partition coefficient (Wildman–Crippen LogP) is 3.55. The number of aromatic nitrogens is 4. The first-order valence-electron chi connectivity index (χ1n) is 14.5. The smallest absolute Gasteiger partial charge is 0.335 e. The number of carbonyl (C=O) groups is 1. The second kappa shape index (κ2) is 10.6. The fraction of sp³-hybridized carbons (Fsp3) is 0.769. The van der Waals surface area contributed by atoms with E-state index < -0.39 is 46.7 Å². The van der Waals surface area contributed by atoms with Crippen molar-refractivity contribution in [3.8, 4) is 0 Å². The summed E-state index contributed by atoms with van der Waals surface area (Å²) in [6.07, 6.45) is -0.296. The van der Waals surface area contributed by atoms with Gasteiger partial charge in [-0.15, -0.1) is 0 Å². The molecule has 0 spiro atoms. The van der Waals surface area contributed by atoms with Crippen LogP contribution in [0.3, 0.4) is 0 Å². The lowest BCUT2D eigenvalue weighted by Gasteiger charge is -2.55. The molecule has 4 atom stereocenters. The van der Waals surface area contributed by atoms with Crippen LogP contribution in [0.4, 0.5) is 5.95 Å². The van der Waals surface area contributed by atoms with Crippen LogP contribution in [-0.2, 0) is 27.3 Å². The summed E-state index contributed by atoms with van der Waals surface area (Å²) in [4.78, 5) is 42.3. The van der Waals surface area contributed by atoms with Crippen molar-refractivity contribution in [1.29, 1.82) is 0 Å². The first-order chi connectivity index (χ1) is 19.2. The zero-order chi connectivity index (χ0) is 30.1. The highest BCUT2D eigenvalue weighted by atomic mass is 28.5. The predicted molar refractivity (Wildman–Crippen MR) is 157 cm³/mol. The van der Waals surface area contributed by atoms with Crippen LogP contribution in [0.25, 0.3) is 11.2 Å². The molecule has 3 saturated heterocycles. The molecule has 3 aliphatic rings. The van der Waals surface area contributed by atoms with Gasteiger partial charge in [-0.1, -0.05) is 55.4 Å². The largest absolute Gasteiger partial charge is 0.414 e. The Bertz CT molecular complexity index is 1350. The Morgan fingerprint density at radius 1 is 1.10 bits per heavy atom. The van der Waals surface area contributed by atoms with E-state index in [1.807, 2.05) is 7.05 Å². The molecule has 2 aromatic heterocycles. The van der Waals surface area contributed by atoms with Gasteiger partial charge in [-0.05, 0) is 22.2 Å². The van der Waals surface area contributed by atoms with Gasteiger partial charge in [-0.2, -0.15) is 10.0 Å². The zero-order valence-corrected chi connectivity index (χ0v) is 27.7. The molecular formula is C26H44N6O7Si2. The molecule has 13 nitrogen and oxygen atoms in total. The van der Waals surface area contributed by atoms with Crippen LogP contribution in [0, 0.1) is 0 Å². The van der Waals surface area contributed by atoms with Gasteiger partial charge in [0.05, 0.1) is 19.5 Å². The van der Waals surface area contributed by atoms with Crippen LogP contribution in [0.15, 0.2) is 11.1 Å². The fourth-order valence-corrected chi connectivity index (χ4v) is 18.0. The quantitative estimate of drug-likeness (QED) is 0.468. The summed E-state index contributed by atoms with van der Waals surface area (Å²) in [5.74, 6) is -0.324. The number of likely N-dealkylation sites (N-methyl/N-ethyl adjacent to an activating group) is 1. The highest BCUT2D eigenvalue weighted by Gasteiger charge is 2.68. The highest BCUT2D eigenvalue weighted by Crippen LogP contribution is 2.53. The molecule has 0 aliphatic carbocycles. The van der Waals surface area contributed by atoms with E-state index in [0.29, 0.717) is 6.54 Å². The molecule has 41 heavy (non-hydrogen) atoms. The molecule has 0 radical (unpaired) electrons. The van der Waals surface area contributed by atoms with Crippen molar-refractivity contribution in [2.75, 3.05) is 25.5 Å². The molecule has 15 heteroatoms. The lowest BCUT2D eigenvalue weighted by atomic mass is 9.94. The number of hydroxylamine groups is 2. The van der Waals surface area contributed by atoms with Gasteiger partial charge < -0.3 is 17.7 Å². The number of hydrogen-bond donors (Lipinski definition) is 2. The zero-order valence-electron chi connectivity index (χ0n) is 25.7. The number of fused-ring (bicyclic) bond motifs is 1. The molecule has 0 saturated carbocycles. The van der Waals surface area contributed by atoms with E-state index in [4.69, 9.17) is 22.5 Å². The van der Waals surface area contributed by atoms with Crippen LogP contribution >= 0.6 is 0 Å². The number of amides is 1. The van der Waals surface area contributed by atoms with Crippen molar-refractivity contribution in [3.63, 3.8) is 0 Å². The van der Waals surface area contributed by atoms with E-state index in [1.54, 1.807) is 9.63 Å². The maximum absolute atomic E-state index is 12.8. The van der Waals surface area contributed by atoms with Gasteiger partial charge in [-0.25, -0.2) is 4.98 Å². The topological polar surface area (TPSA) is 142 Å². The van der Waals surface area contributed by atoms with Crippen molar-refractivity contribution >= 4 is 40.1 Å². The van der Waals surface area contributed by atoms with Crippen molar-refractivity contribution in [3.05, 3.63) is 16.7 Å². The molecule has 5 heterocycles. The molecule has 2 aromatic rings. The summed E-state index contributed by atoms with van der Waals surface area (Å²) in [6.45, 7) is 19.5. The first kappa shape index (κ1) is 30.5. The lowest BCUT2D eigenvalue weighted by Crippen LogP contribution is -2.71. The van der Waals surface area contributed by atoms with Crippen molar-refractivity contribution in [2.24, 2.45) is 0 Å². The number of nitrogens with zero attached hydrogens (tertiary/aromatic N) is 4. The normalized spacial score (nSPS) is 29.8. The SMILES string of the molecule is CC(=O)Nc1nc2c(ncn2[C@@H]2O[C@]34CO[Si](C(C)C)(C(C)C)O[Si](C(C)C)(C(C)C)O[C@@H]3C2ON(C)C4)c(=O)[nH]1. The highest BCUT2D eigenvalue weighted by molar-refractivity contribution is 6.84. The Morgan fingerprint density at radius 3 is 2.32 bits per heavy atom. The number of anilines is 1. The summed E-state index contributed by atoms with van der Waals surface area (Å²) < 4.78 is 30.4. The summed E-state index contributed by atoms with van der Waals surface area (Å²) in [5.41, 5.74) is -0.281. The number of nitrogens with one attached hydrogen (secondary N) is 2. The number of rotatable bonds is 6. The minimum Gasteiger partial charge on any atom is -0.414 e. The molecule has 5 rings (SSSR count). The Kier molecular flexibility index (Phi) is 7.90. The third-order valence-corrected chi connectivity index (χ3v) is 18.8. The number of carbonyl (C=O) groups excluding carboxylic acids is 1. The first-order valence-corrected chi connectivity index (χ1v) is 18.4. The van der Waals surface area contributed by atoms with Gasteiger partial charge in [0, 0.05) is 14.0 Å². The summed E-state index contributed by atoms with van der Waals surface area (Å²) >= 11 is 0. The van der Waals surface area contributed by atoms with Gasteiger partial charge >= 0.3 is 17.1 Å². The minimum atomic E-state index is -2.95. The molecule has 228 valence electrons. The van der Waals surface area contributed by atoms with E-state index >= 15 is 0 Å². The molecule has 3 aliphatic heterocycles. The number of hydrogen-bond acceptors (Lipinski definition) is 10. The van der Waals surface area contributed by atoms with Crippen LogP contribution in [0.5, 0.6) is 0 Å². The average molecular weight is 609 g/mol. The van der Waals surface area contributed by atoms with Crippen LogP contribution in [0.2, 0.25) is 22.2 Å². The summed E-state index contributed by atoms with van der Waals surface area (Å²) in [7, 11) is -3.88. The number of ether oxygens (including phenoxy) is 1. The van der Waals surface area contributed by atoms with Gasteiger partial charge in [0.2, 0.25) is 11.9 Å². The molecule has 0 aromatic carbocycles. The van der Waals surface area contributed by atoms with Gasteiger partial charge in [-0.3, -0.25) is 29.3 Å². The second-order valence-corrected chi connectivity index (χ2v) is 21.7. The van der Waals surface area contributed by atoms with E-state index in [0.717, 1.165) is 0 Å². The van der Waals surface area contributed by atoms with E-state index in [-0.39, 0.29) is 51.8 Å². The Hall–Kier alpha value is -1.99. The van der Waals surface area contributed by atoms with Gasteiger partial charge in [0.25, 0.3) is 5.56 Å². The molecule has 2 bridgehead atoms. The minimum absolute atomic E-state index is 0.0311. The van der Waals surface area contributed by atoms with Crippen LogP contribution in [0.1, 0.15) is 68.5 Å². The maximum atomic E-state index is 12.8. The Morgan fingerprint density at radius 2 is 1.73 bits per heavy atom. The van der Waals surface area contributed by atoms with Gasteiger partial charge in [0.15, 0.2) is 23.5 Å². The summed E-state index contributed by atoms with van der Waals surface area (Å²) in [5, 5.41) is 4.33. The maximum Gasteiger partial charge on any atom is 0.335 e. The molecule has 1 unspecified atom stereocenters. The third kappa shape index (κ3) is 4.83. The number of imidazole rings is 1. The Labute approximate surface area is 242 Å². The molecule has 2 N–H and O–H groups in total. The summed E-state index contributed by atoms with van der Waals surface area (Å²) in [6, 6.07) is 0. The van der Waals surface area contributed by atoms with Gasteiger partial charge in [0.1, 0.15) is 11.7 Å². The van der Waals surface area contributed by atoms with Crippen molar-refractivity contribution in [2.45, 2.75) is 109 Å². The number of aromatic amines is 1. The van der Waals surface area contributed by atoms with Crippen LogP contribution < -0.4 is 10.9 Å². The van der Waals surface area contributed by atoms with Crippen molar-refractivity contribution < 1.29 is 27.3 Å². The third-order valence-electron chi connectivity index (χ3n) is 8.64. The lowest BCUT2D eigenvalue weighted by molar-refractivity contribution is -0.257. The standard InChI is InChI=1S/C26H44N6O7Si2/c1-14(2)40(15(3)4)35-12-26-11-31(10)37-20(21(26)38-41(39-40,16(5)6)17(7)8)24(36-26)32-13-27-19-22(32)29-25(28-18(9)33)30-23(19)34/h13-17,20-21,24H,11-12H2,1-10H3,(H2,28,29,30,33,34)/t20?,21-,24-,26-/m1/s1. The van der Waals surface area contributed by atoms with E-state index in [9.17, 15) is 9.59 Å². The average Bonchev–Trinajstić information content (AvgIpc) is 3.33. The number of H-pyrrole nitrogens is 1. The Balaban J connectivity index is 1.66.